The number of methoxy groups -OCH3 is 1. The van der Waals surface area contributed by atoms with Crippen LogP contribution in [0.25, 0.3) is 16.9 Å². The summed E-state index contributed by atoms with van der Waals surface area (Å²) in [7, 11) is -2.94. The molecular weight excluding hydrogens is 431 g/mol. The Morgan fingerprint density at radius 1 is 1.06 bits per heavy atom. The van der Waals surface area contributed by atoms with Gasteiger partial charge in [0.25, 0.3) is 0 Å². The summed E-state index contributed by atoms with van der Waals surface area (Å²) < 4.78 is 23.0. The molecule has 0 amide bonds. The van der Waals surface area contributed by atoms with Gasteiger partial charge in [0, 0.05) is 5.56 Å². The lowest BCUT2D eigenvalue weighted by atomic mass is 9.81. The minimum absolute atomic E-state index is 0.296. The number of phosphoric acid groups is 1. The van der Waals surface area contributed by atoms with Crippen molar-refractivity contribution < 1.29 is 28.7 Å². The van der Waals surface area contributed by atoms with Crippen LogP contribution in [0.4, 0.5) is 0 Å². The molecule has 0 bridgehead atoms. The zero-order chi connectivity index (χ0) is 22.9. The second-order valence-corrected chi connectivity index (χ2v) is 9.41. The van der Waals surface area contributed by atoms with E-state index in [1.807, 2.05) is 61.5 Å². The van der Waals surface area contributed by atoms with Crippen LogP contribution in [0.1, 0.15) is 36.9 Å². The first-order valence-electron chi connectivity index (χ1n) is 10.5. The Hall–Kier alpha value is -2.48. The highest BCUT2D eigenvalue weighted by molar-refractivity contribution is 7.46. The number of aryl methyl sites for hydroxylation is 1. The number of aromatic nitrogens is 2. The van der Waals surface area contributed by atoms with Crippen molar-refractivity contribution >= 4 is 7.82 Å². The molecule has 1 fully saturated rings. The number of rotatable bonds is 6. The van der Waals surface area contributed by atoms with Gasteiger partial charge in [0.2, 0.25) is 0 Å². The van der Waals surface area contributed by atoms with E-state index in [4.69, 9.17) is 24.1 Å². The van der Waals surface area contributed by atoms with Crippen molar-refractivity contribution in [3.8, 4) is 22.7 Å². The molecule has 32 heavy (non-hydrogen) atoms. The third-order valence-electron chi connectivity index (χ3n) is 5.90. The molecule has 0 aliphatic heterocycles. The van der Waals surface area contributed by atoms with E-state index in [9.17, 15) is 9.67 Å². The van der Waals surface area contributed by atoms with Crippen molar-refractivity contribution in [2.45, 2.75) is 44.3 Å². The van der Waals surface area contributed by atoms with Gasteiger partial charge in [-0.25, -0.2) is 9.25 Å². The van der Waals surface area contributed by atoms with Crippen LogP contribution in [0.5, 0.6) is 5.75 Å². The summed E-state index contributed by atoms with van der Waals surface area (Å²) in [4.78, 5) is 18.1. The van der Waals surface area contributed by atoms with E-state index >= 15 is 0 Å². The molecule has 1 aliphatic rings. The number of hydrogen-bond donors (Lipinski definition) is 3. The van der Waals surface area contributed by atoms with E-state index in [1.165, 1.54) is 0 Å². The molecule has 1 saturated carbocycles. The van der Waals surface area contributed by atoms with Crippen molar-refractivity contribution in [3.05, 3.63) is 65.9 Å². The van der Waals surface area contributed by atoms with E-state index in [-0.39, 0.29) is 0 Å². The topological polar surface area (TPSA) is 114 Å². The average molecular weight is 458 g/mol. The highest BCUT2D eigenvalue weighted by Gasteiger charge is 2.39. The van der Waals surface area contributed by atoms with Gasteiger partial charge in [0.15, 0.2) is 0 Å². The predicted octanol–water partition coefficient (Wildman–Crippen LogP) is 4.10. The molecule has 0 atom stereocenters. The minimum Gasteiger partial charge on any atom is -0.497 e. The number of aliphatic hydroxyl groups is 1. The molecule has 0 spiro atoms. The lowest BCUT2D eigenvalue weighted by molar-refractivity contribution is -0.0386. The average Bonchev–Trinajstić information content (AvgIpc) is 3.21. The highest BCUT2D eigenvalue weighted by atomic mass is 31.2. The lowest BCUT2D eigenvalue weighted by Crippen LogP contribution is -2.34. The monoisotopic (exact) mass is 458 g/mol. The Morgan fingerprint density at radius 2 is 1.69 bits per heavy atom. The summed E-state index contributed by atoms with van der Waals surface area (Å²) in [6.45, 7) is 2.02. The SMILES string of the molecule is COc1ccc(-n2nc([C@]3(O)CC[C@H](OP(=O)(O)O)CC3)cc2-c2ccc(C)cc2)cc1. The summed E-state index contributed by atoms with van der Waals surface area (Å²) in [5.41, 5.74) is 3.10. The number of benzene rings is 2. The summed E-state index contributed by atoms with van der Waals surface area (Å²) in [6.07, 6.45) is 0.666. The Bertz CT molecular complexity index is 1110. The number of nitrogens with zero attached hydrogens (tertiary/aromatic N) is 2. The molecule has 0 unspecified atom stereocenters. The zero-order valence-corrected chi connectivity index (χ0v) is 18.9. The molecule has 1 heterocycles. The molecule has 3 N–H and O–H groups in total. The normalized spacial score (nSPS) is 21.5. The van der Waals surface area contributed by atoms with Crippen LogP contribution in [0.2, 0.25) is 0 Å². The molecule has 9 heteroatoms. The third-order valence-corrected chi connectivity index (χ3v) is 6.47. The van der Waals surface area contributed by atoms with E-state index < -0.39 is 19.5 Å². The molecule has 3 aromatic rings. The van der Waals surface area contributed by atoms with Crippen molar-refractivity contribution in [2.24, 2.45) is 0 Å². The Morgan fingerprint density at radius 3 is 2.25 bits per heavy atom. The molecule has 170 valence electrons. The number of ether oxygens (including phenoxy) is 1. The van der Waals surface area contributed by atoms with Crippen LogP contribution in [-0.4, -0.2) is 37.9 Å². The largest absolute Gasteiger partial charge is 0.497 e. The van der Waals surface area contributed by atoms with Gasteiger partial charge in [-0.15, -0.1) is 0 Å². The zero-order valence-electron chi connectivity index (χ0n) is 18.0. The van der Waals surface area contributed by atoms with E-state index in [1.54, 1.807) is 11.8 Å². The molecule has 1 aliphatic carbocycles. The van der Waals surface area contributed by atoms with Gasteiger partial charge in [0.1, 0.15) is 11.4 Å². The number of phosphoric ester groups is 1. The van der Waals surface area contributed by atoms with Crippen LogP contribution >= 0.6 is 7.82 Å². The molecule has 0 radical (unpaired) electrons. The maximum atomic E-state index is 11.4. The molecule has 2 aromatic carbocycles. The van der Waals surface area contributed by atoms with Crippen LogP contribution in [-0.2, 0) is 14.7 Å². The Balaban J connectivity index is 1.69. The summed E-state index contributed by atoms with van der Waals surface area (Å²) in [5.74, 6) is 0.736. The fraction of sp³-hybridized carbons (Fsp3) is 0.348. The van der Waals surface area contributed by atoms with E-state index in [0.717, 1.165) is 28.3 Å². The first-order valence-corrected chi connectivity index (χ1v) is 12.0. The first-order chi connectivity index (χ1) is 15.2. The fourth-order valence-corrected chi connectivity index (χ4v) is 4.68. The lowest BCUT2D eigenvalue weighted by Gasteiger charge is -2.34. The molecule has 4 rings (SSSR count). The fourth-order valence-electron chi connectivity index (χ4n) is 4.08. The molecule has 0 saturated heterocycles. The van der Waals surface area contributed by atoms with Crippen molar-refractivity contribution in [1.29, 1.82) is 0 Å². The quantitative estimate of drug-likeness (QED) is 0.477. The summed E-state index contributed by atoms with van der Waals surface area (Å²) in [5, 5.41) is 16.1. The van der Waals surface area contributed by atoms with Crippen LogP contribution in [0.3, 0.4) is 0 Å². The summed E-state index contributed by atoms with van der Waals surface area (Å²) in [6, 6.07) is 17.5. The van der Waals surface area contributed by atoms with Gasteiger partial charge in [-0.2, -0.15) is 5.10 Å². The van der Waals surface area contributed by atoms with Gasteiger partial charge in [-0.05, 0) is 62.9 Å². The predicted molar refractivity (Wildman–Crippen MR) is 120 cm³/mol. The maximum Gasteiger partial charge on any atom is 0.469 e. The van der Waals surface area contributed by atoms with Crippen molar-refractivity contribution in [1.82, 2.24) is 9.78 Å². The second kappa shape index (κ2) is 8.81. The van der Waals surface area contributed by atoms with Crippen LogP contribution < -0.4 is 4.74 Å². The van der Waals surface area contributed by atoms with Crippen LogP contribution in [0.15, 0.2) is 54.6 Å². The Kier molecular flexibility index (Phi) is 6.25. The van der Waals surface area contributed by atoms with Crippen molar-refractivity contribution in [3.63, 3.8) is 0 Å². The summed E-state index contributed by atoms with van der Waals surface area (Å²) >= 11 is 0. The molecular formula is C23H27N2O6P. The van der Waals surface area contributed by atoms with Gasteiger partial charge in [-0.1, -0.05) is 29.8 Å². The first kappa shape index (κ1) is 22.7. The van der Waals surface area contributed by atoms with Gasteiger partial charge in [-0.3, -0.25) is 4.52 Å². The second-order valence-electron chi connectivity index (χ2n) is 8.22. The van der Waals surface area contributed by atoms with Gasteiger partial charge in [0.05, 0.1) is 30.3 Å². The maximum absolute atomic E-state index is 11.4. The van der Waals surface area contributed by atoms with Gasteiger partial charge >= 0.3 is 7.82 Å². The van der Waals surface area contributed by atoms with E-state index in [0.29, 0.717) is 31.4 Å². The smallest absolute Gasteiger partial charge is 0.469 e. The molecule has 1 aromatic heterocycles. The third kappa shape index (κ3) is 4.95. The standard InChI is InChI=1S/C23H27N2O6P/c1-16-3-5-17(6-4-16)21-15-22(24-25(21)18-7-9-19(30-2)10-8-18)23(26)13-11-20(12-14-23)31-32(27,28)29/h3-10,15,20,26H,11-14H2,1-2H3,(H2,27,28,29)/t20-,23-. The van der Waals surface area contributed by atoms with Crippen molar-refractivity contribution in [2.75, 3.05) is 7.11 Å². The van der Waals surface area contributed by atoms with Crippen LogP contribution in [0, 0.1) is 6.92 Å². The highest BCUT2D eigenvalue weighted by Crippen LogP contribution is 2.45. The van der Waals surface area contributed by atoms with E-state index in [2.05, 4.69) is 0 Å². The Labute approximate surface area is 186 Å². The molecule has 8 nitrogen and oxygen atoms in total. The number of hydrogen-bond acceptors (Lipinski definition) is 5. The van der Waals surface area contributed by atoms with Gasteiger partial charge < -0.3 is 19.6 Å². The minimum atomic E-state index is -4.55.